The van der Waals surface area contributed by atoms with Gasteiger partial charge in [0.1, 0.15) is 11.0 Å². The van der Waals surface area contributed by atoms with Crippen molar-refractivity contribution in [2.75, 3.05) is 10.2 Å². The van der Waals surface area contributed by atoms with Crippen molar-refractivity contribution in [2.45, 2.75) is 32.4 Å². The van der Waals surface area contributed by atoms with Crippen molar-refractivity contribution in [1.29, 1.82) is 0 Å². The number of carbonyl (C=O) groups is 3. The largest absolute Gasteiger partial charge is 0.508 e. The number of carbonyl (C=O) groups excluding carboxylic acids is 3. The molecule has 2 aromatic rings. The number of amides is 3. The molecule has 3 amide bonds. The van der Waals surface area contributed by atoms with Crippen LogP contribution in [0.15, 0.2) is 36.4 Å². The standard InChI is InChI=1S/C20H20N2O4S/c1-11-4-5-12(2)16(8-11)22-19(25)17(27-20(22)26)10-18(24)21-15-7-6-14(23)9-13(15)3/h4-9,17,23H,10H2,1-3H3,(H,21,24). The Labute approximate surface area is 161 Å². The van der Waals surface area contributed by atoms with Gasteiger partial charge in [0.25, 0.3) is 5.24 Å². The lowest BCUT2D eigenvalue weighted by Crippen LogP contribution is -2.33. The van der Waals surface area contributed by atoms with Gasteiger partial charge in [0, 0.05) is 12.1 Å². The topological polar surface area (TPSA) is 86.7 Å². The van der Waals surface area contributed by atoms with Gasteiger partial charge in [0.15, 0.2) is 0 Å². The lowest BCUT2D eigenvalue weighted by atomic mass is 10.1. The molecule has 1 aliphatic rings. The Balaban J connectivity index is 1.73. The summed E-state index contributed by atoms with van der Waals surface area (Å²) < 4.78 is 0. The highest BCUT2D eigenvalue weighted by Crippen LogP contribution is 2.35. The molecule has 0 spiro atoms. The summed E-state index contributed by atoms with van der Waals surface area (Å²) in [5, 5.41) is 11.0. The Bertz CT molecular complexity index is 942. The summed E-state index contributed by atoms with van der Waals surface area (Å²) in [7, 11) is 0. The fraction of sp³-hybridized carbons (Fsp3) is 0.250. The van der Waals surface area contributed by atoms with Crippen molar-refractivity contribution in [3.8, 4) is 5.75 Å². The lowest BCUT2D eigenvalue weighted by molar-refractivity contribution is -0.121. The van der Waals surface area contributed by atoms with Gasteiger partial charge in [-0.1, -0.05) is 12.1 Å². The van der Waals surface area contributed by atoms with E-state index in [-0.39, 0.29) is 29.2 Å². The van der Waals surface area contributed by atoms with Crippen molar-refractivity contribution >= 4 is 40.2 Å². The van der Waals surface area contributed by atoms with Gasteiger partial charge < -0.3 is 10.4 Å². The molecule has 1 aliphatic heterocycles. The van der Waals surface area contributed by atoms with E-state index in [2.05, 4.69) is 5.32 Å². The molecule has 1 unspecified atom stereocenters. The number of imide groups is 1. The molecule has 0 bridgehead atoms. The molecule has 1 saturated heterocycles. The second-order valence-corrected chi connectivity index (χ2v) is 7.74. The number of thioether (sulfide) groups is 1. The van der Waals surface area contributed by atoms with E-state index in [4.69, 9.17) is 0 Å². The molecule has 1 atom stereocenters. The number of benzene rings is 2. The van der Waals surface area contributed by atoms with E-state index < -0.39 is 5.25 Å². The molecule has 27 heavy (non-hydrogen) atoms. The molecular formula is C20H20N2O4S. The molecule has 2 N–H and O–H groups in total. The van der Waals surface area contributed by atoms with Gasteiger partial charge in [-0.2, -0.15) is 0 Å². The van der Waals surface area contributed by atoms with E-state index in [0.717, 1.165) is 27.8 Å². The third kappa shape index (κ3) is 3.98. The van der Waals surface area contributed by atoms with Crippen LogP contribution in [0.4, 0.5) is 16.2 Å². The van der Waals surface area contributed by atoms with Gasteiger partial charge in [0.2, 0.25) is 11.8 Å². The third-order valence-corrected chi connectivity index (χ3v) is 5.42. The number of rotatable bonds is 4. The lowest BCUT2D eigenvalue weighted by Gasteiger charge is -2.17. The minimum absolute atomic E-state index is 0.100. The molecule has 140 valence electrons. The number of phenols is 1. The van der Waals surface area contributed by atoms with E-state index in [1.165, 1.54) is 12.1 Å². The van der Waals surface area contributed by atoms with Crippen LogP contribution >= 0.6 is 11.8 Å². The van der Waals surface area contributed by atoms with Crippen LogP contribution in [0.3, 0.4) is 0 Å². The van der Waals surface area contributed by atoms with Crippen molar-refractivity contribution in [1.82, 2.24) is 0 Å². The minimum Gasteiger partial charge on any atom is -0.508 e. The number of anilines is 2. The molecule has 0 aromatic heterocycles. The minimum atomic E-state index is -0.755. The van der Waals surface area contributed by atoms with Crippen LogP contribution in [-0.2, 0) is 9.59 Å². The molecule has 1 fully saturated rings. The Morgan fingerprint density at radius 2 is 1.85 bits per heavy atom. The Hall–Kier alpha value is -2.80. The first-order valence-corrected chi connectivity index (χ1v) is 9.35. The number of nitrogens with zero attached hydrogens (tertiary/aromatic N) is 1. The molecular weight excluding hydrogens is 364 g/mol. The molecule has 6 nitrogen and oxygen atoms in total. The van der Waals surface area contributed by atoms with Gasteiger partial charge >= 0.3 is 0 Å². The first-order chi connectivity index (χ1) is 12.8. The zero-order chi connectivity index (χ0) is 19.7. The highest BCUT2D eigenvalue weighted by Gasteiger charge is 2.42. The second-order valence-electron chi connectivity index (χ2n) is 6.59. The van der Waals surface area contributed by atoms with Crippen LogP contribution < -0.4 is 10.2 Å². The molecule has 3 rings (SSSR count). The maximum atomic E-state index is 12.8. The summed E-state index contributed by atoms with van der Waals surface area (Å²) in [6.07, 6.45) is -0.100. The van der Waals surface area contributed by atoms with Gasteiger partial charge in [-0.05, 0) is 73.5 Å². The van der Waals surface area contributed by atoms with Crippen LogP contribution in [0.5, 0.6) is 5.75 Å². The summed E-state index contributed by atoms with van der Waals surface area (Å²) in [4.78, 5) is 38.7. The van der Waals surface area contributed by atoms with Crippen LogP contribution in [-0.4, -0.2) is 27.4 Å². The van der Waals surface area contributed by atoms with Crippen LogP contribution in [0.25, 0.3) is 0 Å². The SMILES string of the molecule is Cc1ccc(C)c(N2C(=O)SC(CC(=O)Nc3ccc(O)cc3C)C2=O)c1. The normalized spacial score (nSPS) is 16.7. The fourth-order valence-corrected chi connectivity index (χ4v) is 3.90. The van der Waals surface area contributed by atoms with Crippen molar-refractivity contribution < 1.29 is 19.5 Å². The van der Waals surface area contributed by atoms with E-state index in [0.29, 0.717) is 16.9 Å². The van der Waals surface area contributed by atoms with Crippen molar-refractivity contribution in [3.63, 3.8) is 0 Å². The number of nitrogens with one attached hydrogen (secondary N) is 1. The summed E-state index contributed by atoms with van der Waals surface area (Å²) >= 11 is 0.873. The Morgan fingerprint density at radius 3 is 2.56 bits per heavy atom. The maximum Gasteiger partial charge on any atom is 0.293 e. The number of aryl methyl sites for hydroxylation is 3. The molecule has 1 heterocycles. The second kappa shape index (κ2) is 7.44. The molecule has 7 heteroatoms. The van der Waals surface area contributed by atoms with E-state index in [1.54, 1.807) is 19.1 Å². The molecule has 0 aliphatic carbocycles. The van der Waals surface area contributed by atoms with E-state index in [1.807, 2.05) is 26.0 Å². The van der Waals surface area contributed by atoms with Gasteiger partial charge in [0.05, 0.1) is 5.69 Å². The zero-order valence-corrected chi connectivity index (χ0v) is 16.1. The summed E-state index contributed by atoms with van der Waals surface area (Å²) in [6.45, 7) is 5.50. The van der Waals surface area contributed by atoms with Crippen molar-refractivity contribution in [2.24, 2.45) is 0 Å². The highest BCUT2D eigenvalue weighted by molar-refractivity contribution is 8.15. The van der Waals surface area contributed by atoms with Crippen LogP contribution in [0.1, 0.15) is 23.1 Å². The van der Waals surface area contributed by atoms with Gasteiger partial charge in [-0.15, -0.1) is 0 Å². The Morgan fingerprint density at radius 1 is 1.11 bits per heavy atom. The van der Waals surface area contributed by atoms with E-state index >= 15 is 0 Å². The first kappa shape index (κ1) is 19.0. The average Bonchev–Trinajstić information content (AvgIpc) is 2.86. The fourth-order valence-electron chi connectivity index (χ4n) is 2.92. The highest BCUT2D eigenvalue weighted by atomic mass is 32.2. The molecule has 0 saturated carbocycles. The quantitative estimate of drug-likeness (QED) is 0.781. The third-order valence-electron chi connectivity index (χ3n) is 4.38. The first-order valence-electron chi connectivity index (χ1n) is 8.47. The van der Waals surface area contributed by atoms with Crippen molar-refractivity contribution in [3.05, 3.63) is 53.1 Å². The van der Waals surface area contributed by atoms with Crippen LogP contribution in [0.2, 0.25) is 0 Å². The number of hydrogen-bond acceptors (Lipinski definition) is 5. The zero-order valence-electron chi connectivity index (χ0n) is 15.3. The summed E-state index contributed by atoms with van der Waals surface area (Å²) in [6, 6.07) is 10.2. The van der Waals surface area contributed by atoms with Gasteiger partial charge in [-0.25, -0.2) is 4.90 Å². The van der Waals surface area contributed by atoms with Crippen LogP contribution in [0, 0.1) is 20.8 Å². The number of aromatic hydroxyl groups is 1. The van der Waals surface area contributed by atoms with E-state index in [9.17, 15) is 19.5 Å². The predicted molar refractivity (Wildman–Crippen MR) is 106 cm³/mol. The molecule has 2 aromatic carbocycles. The Kier molecular flexibility index (Phi) is 5.23. The predicted octanol–water partition coefficient (Wildman–Crippen LogP) is 3.91. The molecule has 0 radical (unpaired) electrons. The number of phenolic OH excluding ortho intramolecular Hbond substituents is 1. The summed E-state index contributed by atoms with van der Waals surface area (Å²) in [5.74, 6) is -0.622. The smallest absolute Gasteiger partial charge is 0.293 e. The number of hydrogen-bond donors (Lipinski definition) is 2. The monoisotopic (exact) mass is 384 g/mol. The van der Waals surface area contributed by atoms with Gasteiger partial charge in [-0.3, -0.25) is 14.4 Å². The maximum absolute atomic E-state index is 12.8. The average molecular weight is 384 g/mol. The summed E-state index contributed by atoms with van der Waals surface area (Å²) in [5.41, 5.74) is 3.61.